The molecule has 0 amide bonds. The van der Waals surface area contributed by atoms with Gasteiger partial charge >= 0.3 is 0 Å². The number of methoxy groups -OCH3 is 2. The number of hydrogen-bond donors (Lipinski definition) is 1. The fourth-order valence-electron chi connectivity index (χ4n) is 1.74. The summed E-state index contributed by atoms with van der Waals surface area (Å²) in [5.41, 5.74) is 1.01. The van der Waals surface area contributed by atoms with Crippen LogP contribution in [0.25, 0.3) is 0 Å². The number of anilines is 1. The van der Waals surface area contributed by atoms with Crippen LogP contribution in [-0.2, 0) is 6.54 Å². The first-order valence-corrected chi connectivity index (χ1v) is 7.45. The molecule has 0 saturated heterocycles. The molecule has 2 aromatic rings. The van der Waals surface area contributed by atoms with Crippen LogP contribution in [-0.4, -0.2) is 14.2 Å². The van der Waals surface area contributed by atoms with Gasteiger partial charge in [-0.2, -0.15) is 0 Å². The number of rotatable bonds is 5. The fourth-order valence-corrected chi connectivity index (χ4v) is 3.28. The summed E-state index contributed by atoms with van der Waals surface area (Å²) >= 11 is 5.32. The van der Waals surface area contributed by atoms with Crippen molar-refractivity contribution >= 4 is 33.0 Å². The van der Waals surface area contributed by atoms with Crippen LogP contribution < -0.4 is 14.8 Å². The molecule has 19 heavy (non-hydrogen) atoms. The zero-order valence-electron chi connectivity index (χ0n) is 11.1. The van der Waals surface area contributed by atoms with Crippen LogP contribution in [0.2, 0.25) is 0 Å². The zero-order valence-corrected chi connectivity index (χ0v) is 13.5. The molecule has 0 bridgehead atoms. The van der Waals surface area contributed by atoms with Crippen molar-refractivity contribution in [2.75, 3.05) is 19.5 Å². The van der Waals surface area contributed by atoms with Crippen molar-refractivity contribution in [3.63, 3.8) is 0 Å². The lowest BCUT2D eigenvalue weighted by molar-refractivity contribution is 0.355. The molecule has 0 aliphatic rings. The fraction of sp³-hybridized carbons (Fsp3) is 0.286. The predicted molar refractivity (Wildman–Crippen MR) is 83.6 cm³/mol. The molecule has 1 aromatic heterocycles. The van der Waals surface area contributed by atoms with Crippen molar-refractivity contribution in [2.24, 2.45) is 0 Å². The maximum atomic E-state index is 5.28. The van der Waals surface area contributed by atoms with E-state index in [1.54, 1.807) is 25.6 Å². The molecule has 0 aliphatic carbocycles. The van der Waals surface area contributed by atoms with E-state index in [0.717, 1.165) is 23.7 Å². The Bertz CT molecular complexity index is 549. The molecule has 0 spiro atoms. The number of hydrogen-bond acceptors (Lipinski definition) is 4. The number of thiophene rings is 1. The standard InChI is InChI=1S/C14H16BrNO2S/c1-9-12(15)7-11(19-9)8-16-10-4-5-13(17-2)14(6-10)18-3/h4-7,16H,8H2,1-3H3. The first kappa shape index (κ1) is 14.2. The molecule has 102 valence electrons. The highest BCUT2D eigenvalue weighted by Gasteiger charge is 2.06. The molecule has 3 nitrogen and oxygen atoms in total. The largest absolute Gasteiger partial charge is 0.493 e. The Kier molecular flexibility index (Phi) is 4.71. The summed E-state index contributed by atoms with van der Waals surface area (Å²) in [6, 6.07) is 7.97. The molecule has 1 aromatic carbocycles. The van der Waals surface area contributed by atoms with Gasteiger partial charge in [-0.05, 0) is 41.1 Å². The van der Waals surface area contributed by atoms with E-state index in [-0.39, 0.29) is 0 Å². The molecule has 0 aliphatic heterocycles. The van der Waals surface area contributed by atoms with Gasteiger partial charge in [0.05, 0.1) is 14.2 Å². The molecule has 0 unspecified atom stereocenters. The van der Waals surface area contributed by atoms with Crippen LogP contribution in [0.3, 0.4) is 0 Å². The van der Waals surface area contributed by atoms with Crippen LogP contribution in [0.5, 0.6) is 11.5 Å². The van der Waals surface area contributed by atoms with Gasteiger partial charge in [-0.1, -0.05) is 0 Å². The van der Waals surface area contributed by atoms with Crippen LogP contribution in [0.1, 0.15) is 9.75 Å². The Morgan fingerprint density at radius 3 is 2.47 bits per heavy atom. The molecular formula is C14H16BrNO2S. The Labute approximate surface area is 125 Å². The zero-order chi connectivity index (χ0) is 13.8. The Balaban J connectivity index is 2.07. The van der Waals surface area contributed by atoms with Gasteiger partial charge < -0.3 is 14.8 Å². The quantitative estimate of drug-likeness (QED) is 0.871. The second-order valence-corrected chi connectivity index (χ2v) is 6.24. The van der Waals surface area contributed by atoms with Crippen LogP contribution >= 0.6 is 27.3 Å². The minimum absolute atomic E-state index is 0.732. The van der Waals surface area contributed by atoms with Crippen LogP contribution in [0, 0.1) is 6.92 Å². The number of nitrogens with one attached hydrogen (secondary N) is 1. The highest BCUT2D eigenvalue weighted by molar-refractivity contribution is 9.10. The normalized spacial score (nSPS) is 10.3. The molecule has 1 N–H and O–H groups in total. The van der Waals surface area contributed by atoms with E-state index in [1.807, 2.05) is 18.2 Å². The highest BCUT2D eigenvalue weighted by Crippen LogP contribution is 2.31. The minimum atomic E-state index is 0.732. The number of aryl methyl sites for hydroxylation is 1. The van der Waals surface area contributed by atoms with E-state index >= 15 is 0 Å². The Hall–Kier alpha value is -1.20. The van der Waals surface area contributed by atoms with Crippen LogP contribution in [0.15, 0.2) is 28.7 Å². The summed E-state index contributed by atoms with van der Waals surface area (Å²) in [7, 11) is 3.28. The van der Waals surface area contributed by atoms with Crippen molar-refractivity contribution in [3.05, 3.63) is 38.5 Å². The molecule has 0 saturated carbocycles. The van der Waals surface area contributed by atoms with Gasteiger partial charge in [0.1, 0.15) is 0 Å². The van der Waals surface area contributed by atoms with Crippen molar-refractivity contribution in [1.29, 1.82) is 0 Å². The van der Waals surface area contributed by atoms with Gasteiger partial charge in [0.15, 0.2) is 11.5 Å². The maximum absolute atomic E-state index is 5.28. The summed E-state index contributed by atoms with van der Waals surface area (Å²) in [5, 5.41) is 3.38. The smallest absolute Gasteiger partial charge is 0.162 e. The summed E-state index contributed by atoms with van der Waals surface area (Å²) in [6.07, 6.45) is 0. The molecule has 0 fully saturated rings. The van der Waals surface area contributed by atoms with E-state index in [1.165, 1.54) is 14.2 Å². The monoisotopic (exact) mass is 341 g/mol. The third-order valence-electron chi connectivity index (χ3n) is 2.76. The highest BCUT2D eigenvalue weighted by atomic mass is 79.9. The second-order valence-electron chi connectivity index (χ2n) is 4.04. The lowest BCUT2D eigenvalue weighted by atomic mass is 10.2. The molecular weight excluding hydrogens is 326 g/mol. The number of ether oxygens (including phenoxy) is 2. The summed E-state index contributed by atoms with van der Waals surface area (Å²) in [6.45, 7) is 2.90. The second kappa shape index (κ2) is 6.30. The van der Waals surface area contributed by atoms with E-state index in [4.69, 9.17) is 9.47 Å². The van der Waals surface area contributed by atoms with Gasteiger partial charge in [0.2, 0.25) is 0 Å². The average molecular weight is 342 g/mol. The number of benzene rings is 1. The first-order chi connectivity index (χ1) is 9.13. The van der Waals surface area contributed by atoms with E-state index in [2.05, 4.69) is 34.2 Å². The van der Waals surface area contributed by atoms with Crippen molar-refractivity contribution in [3.8, 4) is 11.5 Å². The SMILES string of the molecule is COc1ccc(NCc2cc(Br)c(C)s2)cc1OC. The van der Waals surface area contributed by atoms with E-state index in [9.17, 15) is 0 Å². The number of halogens is 1. The maximum Gasteiger partial charge on any atom is 0.162 e. The summed E-state index contributed by atoms with van der Waals surface area (Å²) in [4.78, 5) is 2.59. The topological polar surface area (TPSA) is 30.5 Å². The van der Waals surface area contributed by atoms with Gasteiger partial charge in [-0.3, -0.25) is 0 Å². The van der Waals surface area contributed by atoms with Gasteiger partial charge in [-0.25, -0.2) is 0 Å². The lowest BCUT2D eigenvalue weighted by Gasteiger charge is -2.10. The van der Waals surface area contributed by atoms with E-state index in [0.29, 0.717) is 0 Å². The van der Waals surface area contributed by atoms with Crippen molar-refractivity contribution < 1.29 is 9.47 Å². The third-order valence-corrected chi connectivity index (χ3v) is 4.90. The van der Waals surface area contributed by atoms with E-state index < -0.39 is 0 Å². The first-order valence-electron chi connectivity index (χ1n) is 5.84. The summed E-state index contributed by atoms with van der Waals surface area (Å²) < 4.78 is 11.7. The van der Waals surface area contributed by atoms with Crippen molar-refractivity contribution in [1.82, 2.24) is 0 Å². The van der Waals surface area contributed by atoms with Gasteiger partial charge in [0, 0.05) is 32.5 Å². The average Bonchev–Trinajstić information content (AvgIpc) is 2.75. The molecule has 1 heterocycles. The predicted octanol–water partition coefficient (Wildman–Crippen LogP) is 4.45. The molecule has 0 atom stereocenters. The van der Waals surface area contributed by atoms with Gasteiger partial charge in [-0.15, -0.1) is 11.3 Å². The van der Waals surface area contributed by atoms with Gasteiger partial charge in [0.25, 0.3) is 0 Å². The van der Waals surface area contributed by atoms with Crippen LogP contribution in [0.4, 0.5) is 5.69 Å². The molecule has 2 rings (SSSR count). The lowest BCUT2D eigenvalue weighted by Crippen LogP contribution is -1.98. The Morgan fingerprint density at radius 1 is 1.16 bits per heavy atom. The molecule has 5 heteroatoms. The third kappa shape index (κ3) is 3.42. The Morgan fingerprint density at radius 2 is 1.89 bits per heavy atom. The molecule has 0 radical (unpaired) electrons. The van der Waals surface area contributed by atoms with Crippen molar-refractivity contribution in [2.45, 2.75) is 13.5 Å². The minimum Gasteiger partial charge on any atom is -0.493 e. The summed E-state index contributed by atoms with van der Waals surface area (Å²) in [5.74, 6) is 1.47.